The fourth-order valence-electron chi connectivity index (χ4n) is 2.14. The molecule has 0 aliphatic carbocycles. The zero-order chi connectivity index (χ0) is 22.8. The first-order valence-corrected chi connectivity index (χ1v) is 17.2. The molecule has 0 saturated heterocycles. The zero-order valence-corrected chi connectivity index (χ0v) is 23.1. The molecule has 29 heavy (non-hydrogen) atoms. The van der Waals surface area contributed by atoms with E-state index in [-0.39, 0.29) is 32.0 Å². The Hall–Kier alpha value is -0.541. The average Bonchev–Trinajstić information content (AvgIpc) is 2.61. The van der Waals surface area contributed by atoms with Gasteiger partial charge in [0, 0.05) is 0 Å². The first-order chi connectivity index (χ1) is 13.2. The molecule has 2 aromatic carbocycles. The standard InChI is InChI=1S/2C10H14O2S.2CH3.Sn/c2*1-10(2,3)8-4-6-9(7-5-8)13(11)12;;;/h2*4-7H,1-3H3,(H,11,12);2*1H3;. The van der Waals surface area contributed by atoms with Gasteiger partial charge in [-0.25, -0.2) is 8.42 Å². The van der Waals surface area contributed by atoms with Gasteiger partial charge in [-0.3, -0.25) is 0 Å². The Morgan fingerprint density at radius 1 is 0.621 bits per heavy atom. The van der Waals surface area contributed by atoms with Gasteiger partial charge < -0.3 is 9.11 Å². The molecule has 0 spiro atoms. The molecule has 4 nitrogen and oxygen atoms in total. The van der Waals surface area contributed by atoms with Crippen LogP contribution < -0.4 is 0 Å². The summed E-state index contributed by atoms with van der Waals surface area (Å²) < 4.78 is 38.9. The SMILES string of the molecule is CC(C)(C)c1ccc(S(=O)O)cc1.CC(C)(C)c1ccc(S(=O)O)cc1.[CH3][Sn][CH3]. The molecule has 7 heteroatoms. The van der Waals surface area contributed by atoms with E-state index in [1.807, 2.05) is 24.3 Å². The summed E-state index contributed by atoms with van der Waals surface area (Å²) in [5, 5.41) is 0. The third-order valence-corrected chi connectivity index (χ3v) is 5.19. The van der Waals surface area contributed by atoms with Crippen molar-refractivity contribution < 1.29 is 17.5 Å². The van der Waals surface area contributed by atoms with Crippen LogP contribution in [0.2, 0.25) is 9.88 Å². The summed E-state index contributed by atoms with van der Waals surface area (Å²) in [5.74, 6) is 0. The van der Waals surface area contributed by atoms with Gasteiger partial charge in [-0.1, -0.05) is 65.8 Å². The van der Waals surface area contributed by atoms with Gasteiger partial charge in [-0.05, 0) is 46.2 Å². The quantitative estimate of drug-likeness (QED) is 0.363. The molecule has 2 aromatic rings. The second-order valence-corrected chi connectivity index (χ2v) is 13.3. The minimum absolute atomic E-state index is 0.0927. The van der Waals surface area contributed by atoms with Crippen molar-refractivity contribution in [1.29, 1.82) is 0 Å². The van der Waals surface area contributed by atoms with Crippen LogP contribution in [0.5, 0.6) is 0 Å². The number of benzene rings is 2. The van der Waals surface area contributed by atoms with Gasteiger partial charge in [0.05, 0.1) is 9.79 Å². The molecule has 0 aromatic heterocycles. The molecule has 2 N–H and O–H groups in total. The van der Waals surface area contributed by atoms with Crippen LogP contribution in [0.15, 0.2) is 58.3 Å². The van der Waals surface area contributed by atoms with Crippen LogP contribution in [-0.2, 0) is 33.0 Å². The van der Waals surface area contributed by atoms with E-state index in [1.54, 1.807) is 24.3 Å². The first kappa shape index (κ1) is 28.5. The van der Waals surface area contributed by atoms with E-state index in [1.165, 1.54) is 11.1 Å². The van der Waals surface area contributed by atoms with E-state index in [4.69, 9.17) is 9.11 Å². The monoisotopic (exact) mass is 546 g/mol. The molecule has 2 rings (SSSR count). The molecule has 0 saturated carbocycles. The van der Waals surface area contributed by atoms with Gasteiger partial charge >= 0.3 is 31.0 Å². The third-order valence-electron chi connectivity index (χ3n) is 3.84. The predicted octanol–water partition coefficient (Wildman–Crippen LogP) is 5.92. The summed E-state index contributed by atoms with van der Waals surface area (Å²) >= 11 is -3.50. The van der Waals surface area contributed by atoms with Gasteiger partial charge in [0.25, 0.3) is 0 Å². The fourth-order valence-corrected chi connectivity index (χ4v) is 2.88. The average molecular weight is 545 g/mol. The minimum atomic E-state index is -1.86. The van der Waals surface area contributed by atoms with Crippen LogP contribution in [0.4, 0.5) is 0 Å². The molecule has 0 bridgehead atoms. The van der Waals surface area contributed by atoms with Gasteiger partial charge in [-0.15, -0.1) is 0 Å². The van der Waals surface area contributed by atoms with E-state index >= 15 is 0 Å². The van der Waals surface area contributed by atoms with Gasteiger partial charge in [0.1, 0.15) is 0 Å². The number of hydrogen-bond donors (Lipinski definition) is 2. The molecule has 0 amide bonds. The van der Waals surface area contributed by atoms with Gasteiger partial charge in [-0.2, -0.15) is 0 Å². The molecule has 162 valence electrons. The van der Waals surface area contributed by atoms with Gasteiger partial charge in [0.15, 0.2) is 22.2 Å². The summed E-state index contributed by atoms with van der Waals surface area (Å²) in [4.78, 5) is 5.49. The summed E-state index contributed by atoms with van der Waals surface area (Å²) in [5.41, 5.74) is 2.52. The van der Waals surface area contributed by atoms with Gasteiger partial charge in [0.2, 0.25) is 0 Å². The summed E-state index contributed by atoms with van der Waals surface area (Å²) in [7, 11) is 0. The predicted molar refractivity (Wildman–Crippen MR) is 126 cm³/mol. The summed E-state index contributed by atoms with van der Waals surface area (Å²) in [6.45, 7) is 12.7. The molecule has 0 aliphatic heterocycles. The van der Waals surface area contributed by atoms with Crippen molar-refractivity contribution in [3.05, 3.63) is 59.7 Å². The zero-order valence-electron chi connectivity index (χ0n) is 18.6. The van der Waals surface area contributed by atoms with E-state index in [9.17, 15) is 8.42 Å². The number of rotatable bonds is 2. The van der Waals surface area contributed by atoms with Crippen LogP contribution in [0.1, 0.15) is 52.7 Å². The third kappa shape index (κ3) is 11.4. The first-order valence-electron chi connectivity index (χ1n) is 9.25. The van der Waals surface area contributed by atoms with Crippen LogP contribution in [0.3, 0.4) is 0 Å². The summed E-state index contributed by atoms with van der Waals surface area (Å²) in [6.07, 6.45) is 0. The molecule has 0 aliphatic rings. The molecule has 2 atom stereocenters. The van der Waals surface area contributed by atoms with E-state index < -0.39 is 22.2 Å². The van der Waals surface area contributed by atoms with Crippen LogP contribution in [-0.4, -0.2) is 38.7 Å². The van der Waals surface area contributed by atoms with Crippen LogP contribution >= 0.6 is 0 Å². The maximum absolute atomic E-state index is 10.7. The van der Waals surface area contributed by atoms with Crippen molar-refractivity contribution in [1.82, 2.24) is 0 Å². The molecular formula is C22H34O4S2Sn. The van der Waals surface area contributed by atoms with Crippen LogP contribution in [0.25, 0.3) is 0 Å². The Bertz CT molecular complexity index is 707. The molecule has 2 radical (unpaired) electrons. The Morgan fingerprint density at radius 3 is 0.966 bits per heavy atom. The van der Waals surface area contributed by atoms with Crippen molar-refractivity contribution in [2.75, 3.05) is 0 Å². The second-order valence-electron chi connectivity index (χ2n) is 8.55. The van der Waals surface area contributed by atoms with Crippen LogP contribution in [0, 0.1) is 0 Å². The fraction of sp³-hybridized carbons (Fsp3) is 0.455. The Balaban J connectivity index is 0.000000477. The topological polar surface area (TPSA) is 74.6 Å². The Morgan fingerprint density at radius 2 is 0.828 bits per heavy atom. The Labute approximate surface area is 191 Å². The van der Waals surface area contributed by atoms with Crippen molar-refractivity contribution in [2.24, 2.45) is 0 Å². The van der Waals surface area contributed by atoms with E-state index in [2.05, 4.69) is 51.4 Å². The Kier molecular flexibility index (Phi) is 12.8. The molecule has 0 fully saturated rings. The molecular weight excluding hydrogens is 511 g/mol. The van der Waals surface area contributed by atoms with E-state index in [0.29, 0.717) is 9.79 Å². The second kappa shape index (κ2) is 13.0. The van der Waals surface area contributed by atoms with Crippen molar-refractivity contribution in [3.63, 3.8) is 0 Å². The van der Waals surface area contributed by atoms with Crippen molar-refractivity contribution in [2.45, 2.75) is 72.0 Å². The number of hydrogen-bond acceptors (Lipinski definition) is 2. The maximum atomic E-state index is 10.7. The van der Waals surface area contributed by atoms with E-state index in [0.717, 1.165) is 0 Å². The normalized spacial score (nSPS) is 13.3. The summed E-state index contributed by atoms with van der Waals surface area (Å²) in [6, 6.07) is 14.3. The van der Waals surface area contributed by atoms with Crippen molar-refractivity contribution in [3.8, 4) is 0 Å². The molecule has 0 heterocycles. The molecule has 2 unspecified atom stereocenters. The van der Waals surface area contributed by atoms with Crippen molar-refractivity contribution >= 4 is 43.3 Å².